The molecular formula is C20H27NO3. The molecular weight excluding hydrogens is 302 g/mol. The molecule has 0 unspecified atom stereocenters. The molecule has 0 radical (unpaired) electrons. The lowest BCUT2D eigenvalue weighted by molar-refractivity contribution is 0.128. The van der Waals surface area contributed by atoms with Crippen LogP contribution in [0.1, 0.15) is 43.0 Å². The molecule has 2 aromatic rings. The Morgan fingerprint density at radius 1 is 0.875 bits per heavy atom. The van der Waals surface area contributed by atoms with Crippen LogP contribution in [0.15, 0.2) is 48.5 Å². The first-order valence-corrected chi connectivity index (χ1v) is 8.39. The van der Waals surface area contributed by atoms with E-state index in [0.29, 0.717) is 0 Å². The molecule has 2 N–H and O–H groups in total. The first-order chi connectivity index (χ1) is 11.7. The fourth-order valence-corrected chi connectivity index (χ4v) is 2.65. The normalized spacial score (nSPS) is 13.3. The van der Waals surface area contributed by atoms with E-state index in [1.807, 2.05) is 48.5 Å². The maximum Gasteiger partial charge on any atom is 0.118 e. The van der Waals surface area contributed by atoms with Crippen LogP contribution in [0.5, 0.6) is 11.5 Å². The fourth-order valence-electron chi connectivity index (χ4n) is 2.65. The van der Waals surface area contributed by atoms with Gasteiger partial charge >= 0.3 is 0 Å². The summed E-state index contributed by atoms with van der Waals surface area (Å²) in [5, 5.41) is 14.4. The van der Waals surface area contributed by atoms with Gasteiger partial charge in [0.1, 0.15) is 11.5 Å². The van der Waals surface area contributed by atoms with Crippen molar-refractivity contribution in [2.75, 3.05) is 20.8 Å². The average Bonchev–Trinajstić information content (AvgIpc) is 2.65. The Morgan fingerprint density at radius 2 is 1.38 bits per heavy atom. The molecule has 0 aliphatic heterocycles. The highest BCUT2D eigenvalue weighted by Gasteiger charge is 2.22. The summed E-state index contributed by atoms with van der Waals surface area (Å²) in [6.07, 6.45) is 1.55. The molecule has 0 fully saturated rings. The summed E-state index contributed by atoms with van der Waals surface area (Å²) in [6, 6.07) is 15.2. The minimum Gasteiger partial charge on any atom is -0.497 e. The molecule has 0 aliphatic rings. The lowest BCUT2D eigenvalue weighted by atomic mass is 9.95. The second-order valence-corrected chi connectivity index (χ2v) is 5.78. The topological polar surface area (TPSA) is 50.7 Å². The van der Waals surface area contributed by atoms with Crippen molar-refractivity contribution in [2.45, 2.75) is 31.9 Å². The molecule has 2 aromatic carbocycles. The molecule has 2 atom stereocenters. The minimum absolute atomic E-state index is 0.171. The third-order valence-electron chi connectivity index (χ3n) is 4.14. The molecule has 0 saturated heterocycles. The summed E-state index contributed by atoms with van der Waals surface area (Å²) >= 11 is 0. The van der Waals surface area contributed by atoms with Gasteiger partial charge in [-0.1, -0.05) is 37.6 Å². The van der Waals surface area contributed by atoms with Gasteiger partial charge < -0.3 is 19.9 Å². The van der Waals surface area contributed by atoms with Gasteiger partial charge in [-0.05, 0) is 48.4 Å². The van der Waals surface area contributed by atoms with E-state index in [1.54, 1.807) is 14.2 Å². The van der Waals surface area contributed by atoms with Gasteiger partial charge in [0.05, 0.1) is 26.4 Å². The first-order valence-electron chi connectivity index (χ1n) is 8.39. The number of methoxy groups -OCH3 is 2. The van der Waals surface area contributed by atoms with Crippen LogP contribution in [0, 0.1) is 0 Å². The predicted molar refractivity (Wildman–Crippen MR) is 96.6 cm³/mol. The summed E-state index contributed by atoms with van der Waals surface area (Å²) in [7, 11) is 3.29. The van der Waals surface area contributed by atoms with Crippen molar-refractivity contribution in [1.29, 1.82) is 0 Å². The summed E-state index contributed by atoms with van der Waals surface area (Å²) in [5.74, 6) is 1.59. The summed E-state index contributed by atoms with van der Waals surface area (Å²) in [5.41, 5.74) is 1.90. The van der Waals surface area contributed by atoms with E-state index in [4.69, 9.17) is 9.47 Å². The molecule has 0 saturated carbocycles. The predicted octanol–water partition coefficient (Wildman–Crippen LogP) is 3.87. The number of rotatable bonds is 9. The third-order valence-corrected chi connectivity index (χ3v) is 4.14. The Morgan fingerprint density at radius 3 is 1.83 bits per heavy atom. The van der Waals surface area contributed by atoms with Crippen LogP contribution in [0.3, 0.4) is 0 Å². The zero-order valence-corrected chi connectivity index (χ0v) is 14.7. The maximum absolute atomic E-state index is 10.9. The van der Waals surface area contributed by atoms with E-state index in [-0.39, 0.29) is 6.04 Å². The number of aliphatic hydroxyl groups is 1. The highest BCUT2D eigenvalue weighted by molar-refractivity contribution is 5.33. The van der Waals surface area contributed by atoms with Gasteiger partial charge in [-0.2, -0.15) is 0 Å². The van der Waals surface area contributed by atoms with Crippen molar-refractivity contribution in [2.24, 2.45) is 0 Å². The monoisotopic (exact) mass is 329 g/mol. The Bertz CT molecular complexity index is 595. The number of hydrogen-bond acceptors (Lipinski definition) is 4. The SMILES string of the molecule is CCCCN[C@H](c1ccc(OC)cc1)[C@H](O)c1ccc(OC)cc1. The van der Waals surface area contributed by atoms with E-state index in [2.05, 4.69) is 12.2 Å². The third kappa shape index (κ3) is 4.73. The standard InChI is InChI=1S/C20H27NO3/c1-4-5-14-21-19(15-6-10-17(23-2)11-7-15)20(22)16-8-12-18(24-3)13-9-16/h6-13,19-22H,4-5,14H2,1-3H3/t19-,20-/m1/s1. The molecule has 0 spiro atoms. The smallest absolute Gasteiger partial charge is 0.118 e. The zero-order valence-electron chi connectivity index (χ0n) is 14.7. The van der Waals surface area contributed by atoms with Gasteiger partial charge in [-0.3, -0.25) is 0 Å². The number of hydrogen-bond donors (Lipinski definition) is 2. The van der Waals surface area contributed by atoms with Crippen LogP contribution in [-0.4, -0.2) is 25.9 Å². The van der Waals surface area contributed by atoms with Crippen LogP contribution in [0.4, 0.5) is 0 Å². The molecule has 0 aliphatic carbocycles. The van der Waals surface area contributed by atoms with E-state index in [1.165, 1.54) is 0 Å². The van der Waals surface area contributed by atoms with Crippen molar-refractivity contribution < 1.29 is 14.6 Å². The zero-order chi connectivity index (χ0) is 17.4. The van der Waals surface area contributed by atoms with Gasteiger partial charge in [-0.25, -0.2) is 0 Å². The van der Waals surface area contributed by atoms with Crippen LogP contribution in [0.2, 0.25) is 0 Å². The van der Waals surface area contributed by atoms with Gasteiger partial charge in [0, 0.05) is 0 Å². The van der Waals surface area contributed by atoms with E-state index in [9.17, 15) is 5.11 Å². The molecule has 4 nitrogen and oxygen atoms in total. The maximum atomic E-state index is 10.9. The Kier molecular flexibility index (Phi) is 7.09. The summed E-state index contributed by atoms with van der Waals surface area (Å²) in [6.45, 7) is 3.02. The van der Waals surface area contributed by atoms with Crippen molar-refractivity contribution in [3.8, 4) is 11.5 Å². The molecule has 2 rings (SSSR count). The number of ether oxygens (including phenoxy) is 2. The molecule has 130 valence electrons. The highest BCUT2D eigenvalue weighted by atomic mass is 16.5. The number of nitrogens with one attached hydrogen (secondary N) is 1. The van der Waals surface area contributed by atoms with E-state index >= 15 is 0 Å². The largest absolute Gasteiger partial charge is 0.497 e. The highest BCUT2D eigenvalue weighted by Crippen LogP contribution is 2.30. The Balaban J connectivity index is 2.21. The van der Waals surface area contributed by atoms with Crippen molar-refractivity contribution in [3.05, 3.63) is 59.7 Å². The molecule has 24 heavy (non-hydrogen) atoms. The molecule has 0 bridgehead atoms. The summed E-state index contributed by atoms with van der Waals surface area (Å²) < 4.78 is 10.4. The second-order valence-electron chi connectivity index (χ2n) is 5.78. The van der Waals surface area contributed by atoms with Crippen LogP contribution < -0.4 is 14.8 Å². The second kappa shape index (κ2) is 9.30. The number of unbranched alkanes of at least 4 members (excludes halogenated alkanes) is 1. The summed E-state index contributed by atoms with van der Waals surface area (Å²) in [4.78, 5) is 0. The van der Waals surface area contributed by atoms with Gasteiger partial charge in [0.25, 0.3) is 0 Å². The molecule has 0 heterocycles. The quantitative estimate of drug-likeness (QED) is 0.686. The Hall–Kier alpha value is -2.04. The van der Waals surface area contributed by atoms with E-state index in [0.717, 1.165) is 42.0 Å². The van der Waals surface area contributed by atoms with Crippen molar-refractivity contribution >= 4 is 0 Å². The lowest BCUT2D eigenvalue weighted by Crippen LogP contribution is -2.28. The molecule has 0 amide bonds. The average molecular weight is 329 g/mol. The van der Waals surface area contributed by atoms with Crippen LogP contribution >= 0.6 is 0 Å². The van der Waals surface area contributed by atoms with Gasteiger partial charge in [0.2, 0.25) is 0 Å². The lowest BCUT2D eigenvalue weighted by Gasteiger charge is -2.25. The van der Waals surface area contributed by atoms with Crippen molar-refractivity contribution in [1.82, 2.24) is 5.32 Å². The number of aliphatic hydroxyl groups excluding tert-OH is 1. The van der Waals surface area contributed by atoms with Crippen LogP contribution in [0.25, 0.3) is 0 Å². The number of benzene rings is 2. The molecule has 4 heteroatoms. The van der Waals surface area contributed by atoms with Crippen LogP contribution in [-0.2, 0) is 0 Å². The first kappa shape index (κ1) is 18.3. The minimum atomic E-state index is -0.638. The van der Waals surface area contributed by atoms with Gasteiger partial charge in [-0.15, -0.1) is 0 Å². The van der Waals surface area contributed by atoms with E-state index < -0.39 is 6.10 Å². The molecule has 0 aromatic heterocycles. The Labute approximate surface area is 144 Å². The van der Waals surface area contributed by atoms with Crippen molar-refractivity contribution in [3.63, 3.8) is 0 Å². The van der Waals surface area contributed by atoms with Gasteiger partial charge in [0.15, 0.2) is 0 Å². The fraction of sp³-hybridized carbons (Fsp3) is 0.400.